The van der Waals surface area contributed by atoms with Crippen LogP contribution in [0.1, 0.15) is 36.0 Å². The van der Waals surface area contributed by atoms with Gasteiger partial charge in [0.1, 0.15) is 12.1 Å². The second kappa shape index (κ2) is 6.73. The van der Waals surface area contributed by atoms with Crippen molar-refractivity contribution in [3.05, 3.63) is 30.1 Å². The molecule has 1 amide bonds. The van der Waals surface area contributed by atoms with Crippen LogP contribution in [-0.2, 0) is 9.47 Å². The summed E-state index contributed by atoms with van der Waals surface area (Å²) >= 11 is 0. The van der Waals surface area contributed by atoms with E-state index < -0.39 is 5.79 Å². The molecule has 0 radical (unpaired) electrons. The van der Waals surface area contributed by atoms with Gasteiger partial charge in [-0.3, -0.25) is 4.79 Å². The van der Waals surface area contributed by atoms with Crippen molar-refractivity contribution < 1.29 is 14.3 Å². The Hall–Kier alpha value is -2.25. The van der Waals surface area contributed by atoms with Crippen LogP contribution in [0.25, 0.3) is 10.9 Å². The van der Waals surface area contributed by atoms with Crippen LogP contribution < -0.4 is 4.90 Å². The van der Waals surface area contributed by atoms with Crippen molar-refractivity contribution in [3.8, 4) is 0 Å². The van der Waals surface area contributed by atoms with E-state index in [1.807, 2.05) is 23.1 Å². The zero-order valence-electron chi connectivity index (χ0n) is 15.4. The number of aromatic nitrogens is 2. The Morgan fingerprint density at radius 2 is 1.74 bits per heavy atom. The number of benzene rings is 1. The maximum atomic E-state index is 13.1. The Morgan fingerprint density at radius 1 is 1.00 bits per heavy atom. The minimum atomic E-state index is -0.461. The third kappa shape index (κ3) is 3.04. The Labute approximate surface area is 158 Å². The number of carbonyl (C=O) groups excluding carboxylic acids is 1. The molecule has 3 aliphatic heterocycles. The number of carbonyl (C=O) groups is 1. The number of ether oxygens (including phenoxy) is 2. The summed E-state index contributed by atoms with van der Waals surface area (Å²) < 4.78 is 11.5. The smallest absolute Gasteiger partial charge is 0.253 e. The van der Waals surface area contributed by atoms with E-state index in [0.717, 1.165) is 42.7 Å². The minimum absolute atomic E-state index is 0.0565. The lowest BCUT2D eigenvalue weighted by molar-refractivity contribution is -0.181. The molecule has 7 nitrogen and oxygen atoms in total. The molecule has 0 aliphatic carbocycles. The molecule has 3 aliphatic rings. The summed E-state index contributed by atoms with van der Waals surface area (Å²) in [7, 11) is 0. The van der Waals surface area contributed by atoms with Crippen molar-refractivity contribution in [2.75, 3.05) is 44.3 Å². The molecule has 0 bridgehead atoms. The molecule has 1 spiro atoms. The van der Waals surface area contributed by atoms with Gasteiger partial charge in [0.15, 0.2) is 5.79 Å². The van der Waals surface area contributed by atoms with Gasteiger partial charge in [-0.2, -0.15) is 0 Å². The van der Waals surface area contributed by atoms with Crippen molar-refractivity contribution in [1.82, 2.24) is 14.9 Å². The number of rotatable bonds is 2. The summed E-state index contributed by atoms with van der Waals surface area (Å²) in [5.74, 6) is 0.537. The van der Waals surface area contributed by atoms with E-state index in [1.54, 1.807) is 6.33 Å². The van der Waals surface area contributed by atoms with E-state index in [9.17, 15) is 4.79 Å². The number of fused-ring (bicyclic) bond motifs is 1. The van der Waals surface area contributed by atoms with Gasteiger partial charge in [0.25, 0.3) is 5.91 Å². The fraction of sp³-hybridized carbons (Fsp3) is 0.550. The van der Waals surface area contributed by atoms with Gasteiger partial charge in [0, 0.05) is 50.0 Å². The standard InChI is InChI=1S/C20H24N4O3/c25-19(24-9-5-20(6-10-24)26-11-12-27-20)15-3-4-17-16(13-15)18(22-14-21-17)23-7-1-2-8-23/h3-4,13-14H,1-2,5-12H2. The molecule has 0 atom stereocenters. The molecule has 142 valence electrons. The lowest BCUT2D eigenvalue weighted by Gasteiger charge is -2.37. The van der Waals surface area contributed by atoms with Gasteiger partial charge in [-0.15, -0.1) is 0 Å². The first-order valence-corrected chi connectivity index (χ1v) is 9.81. The average Bonchev–Trinajstić information content (AvgIpc) is 3.40. The van der Waals surface area contributed by atoms with E-state index in [1.165, 1.54) is 12.8 Å². The van der Waals surface area contributed by atoms with Gasteiger partial charge in [-0.1, -0.05) is 0 Å². The Morgan fingerprint density at radius 3 is 2.48 bits per heavy atom. The number of nitrogens with zero attached hydrogens (tertiary/aromatic N) is 4. The van der Waals surface area contributed by atoms with Crippen LogP contribution in [0.2, 0.25) is 0 Å². The van der Waals surface area contributed by atoms with Gasteiger partial charge >= 0.3 is 0 Å². The summed E-state index contributed by atoms with van der Waals surface area (Å²) in [4.78, 5) is 26.1. The molecule has 0 N–H and O–H groups in total. The number of hydrogen-bond donors (Lipinski definition) is 0. The van der Waals surface area contributed by atoms with Crippen LogP contribution in [0.4, 0.5) is 5.82 Å². The highest BCUT2D eigenvalue weighted by Crippen LogP contribution is 2.32. The number of amides is 1. The molecular weight excluding hydrogens is 344 g/mol. The number of anilines is 1. The van der Waals surface area contributed by atoms with Gasteiger partial charge in [-0.25, -0.2) is 9.97 Å². The van der Waals surface area contributed by atoms with Crippen molar-refractivity contribution >= 4 is 22.6 Å². The lowest BCUT2D eigenvalue weighted by Crippen LogP contribution is -2.47. The summed E-state index contributed by atoms with van der Waals surface area (Å²) in [5, 5.41) is 0.959. The fourth-order valence-electron chi connectivity index (χ4n) is 4.38. The Kier molecular flexibility index (Phi) is 4.21. The van der Waals surface area contributed by atoms with Gasteiger partial charge in [-0.05, 0) is 31.0 Å². The van der Waals surface area contributed by atoms with Crippen LogP contribution in [-0.4, -0.2) is 66.0 Å². The van der Waals surface area contributed by atoms with Crippen LogP contribution in [0.3, 0.4) is 0 Å². The predicted molar refractivity (Wildman–Crippen MR) is 101 cm³/mol. The second-order valence-corrected chi connectivity index (χ2v) is 7.52. The quantitative estimate of drug-likeness (QED) is 0.810. The summed E-state index contributed by atoms with van der Waals surface area (Å²) in [6.45, 7) is 4.63. The molecule has 27 heavy (non-hydrogen) atoms. The van der Waals surface area contributed by atoms with Crippen molar-refractivity contribution in [2.24, 2.45) is 0 Å². The molecule has 0 saturated carbocycles. The molecule has 1 aromatic heterocycles. The molecule has 2 aromatic rings. The maximum absolute atomic E-state index is 13.1. The van der Waals surface area contributed by atoms with Gasteiger partial charge < -0.3 is 19.3 Å². The molecule has 1 aromatic carbocycles. The first kappa shape index (κ1) is 16.9. The molecular formula is C20H24N4O3. The third-order valence-corrected chi connectivity index (χ3v) is 5.89. The van der Waals surface area contributed by atoms with Crippen molar-refractivity contribution in [2.45, 2.75) is 31.5 Å². The highest BCUT2D eigenvalue weighted by atomic mass is 16.7. The summed E-state index contributed by atoms with van der Waals surface area (Å²) in [6.07, 6.45) is 5.44. The average molecular weight is 368 g/mol. The SMILES string of the molecule is O=C(c1ccc2ncnc(N3CCCC3)c2c1)N1CCC2(CC1)OCCO2. The van der Waals surface area contributed by atoms with Crippen LogP contribution in [0.15, 0.2) is 24.5 Å². The molecule has 7 heteroatoms. The zero-order valence-corrected chi connectivity index (χ0v) is 15.4. The molecule has 5 rings (SSSR count). The predicted octanol–water partition coefficient (Wildman–Crippen LogP) is 2.21. The van der Waals surface area contributed by atoms with E-state index >= 15 is 0 Å². The second-order valence-electron chi connectivity index (χ2n) is 7.52. The lowest BCUT2D eigenvalue weighted by atomic mass is 10.0. The van der Waals surface area contributed by atoms with E-state index in [4.69, 9.17) is 9.47 Å². The first-order chi connectivity index (χ1) is 13.2. The largest absolute Gasteiger partial charge is 0.356 e. The van der Waals surface area contributed by atoms with E-state index in [-0.39, 0.29) is 5.91 Å². The third-order valence-electron chi connectivity index (χ3n) is 5.89. The van der Waals surface area contributed by atoms with Crippen LogP contribution >= 0.6 is 0 Å². The highest BCUT2D eigenvalue weighted by molar-refractivity contribution is 6.00. The molecule has 3 fully saturated rings. The Bertz CT molecular complexity index is 849. The Balaban J connectivity index is 1.39. The van der Waals surface area contributed by atoms with Gasteiger partial charge in [0.2, 0.25) is 0 Å². The van der Waals surface area contributed by atoms with E-state index in [2.05, 4.69) is 14.9 Å². The van der Waals surface area contributed by atoms with Gasteiger partial charge in [0.05, 0.1) is 18.7 Å². The van der Waals surface area contributed by atoms with E-state index in [0.29, 0.717) is 31.9 Å². The fourth-order valence-corrected chi connectivity index (χ4v) is 4.38. The summed E-state index contributed by atoms with van der Waals surface area (Å²) in [6, 6.07) is 5.76. The monoisotopic (exact) mass is 368 g/mol. The minimum Gasteiger partial charge on any atom is -0.356 e. The normalized spacial score (nSPS) is 22.1. The van der Waals surface area contributed by atoms with Crippen LogP contribution in [0, 0.1) is 0 Å². The zero-order chi connectivity index (χ0) is 18.3. The summed E-state index contributed by atoms with van der Waals surface area (Å²) in [5.41, 5.74) is 1.58. The van der Waals surface area contributed by atoms with Crippen molar-refractivity contribution in [1.29, 1.82) is 0 Å². The highest BCUT2D eigenvalue weighted by Gasteiger charge is 2.40. The first-order valence-electron chi connectivity index (χ1n) is 9.81. The number of hydrogen-bond acceptors (Lipinski definition) is 6. The maximum Gasteiger partial charge on any atom is 0.253 e. The molecule has 4 heterocycles. The molecule has 3 saturated heterocycles. The van der Waals surface area contributed by atoms with Crippen molar-refractivity contribution in [3.63, 3.8) is 0 Å². The molecule has 0 unspecified atom stereocenters. The number of likely N-dealkylation sites (tertiary alicyclic amines) is 1. The topological polar surface area (TPSA) is 67.8 Å². The number of piperidine rings is 1. The van der Waals surface area contributed by atoms with Crippen LogP contribution in [0.5, 0.6) is 0 Å².